The molecule has 1 rings (SSSR count). The summed E-state index contributed by atoms with van der Waals surface area (Å²) in [4.78, 5) is 2.45. The van der Waals surface area contributed by atoms with Gasteiger partial charge in [0.2, 0.25) is 0 Å². The monoisotopic (exact) mass is 200 g/mol. The molecule has 3 atom stereocenters. The number of piperidine rings is 1. The molecule has 14 heavy (non-hydrogen) atoms. The maximum absolute atomic E-state index is 5.90. The van der Waals surface area contributed by atoms with Crippen molar-refractivity contribution in [2.24, 2.45) is 5.73 Å². The van der Waals surface area contributed by atoms with E-state index in [0.29, 0.717) is 12.1 Å². The van der Waals surface area contributed by atoms with E-state index in [0.717, 1.165) is 13.2 Å². The van der Waals surface area contributed by atoms with Gasteiger partial charge in [0, 0.05) is 25.2 Å². The van der Waals surface area contributed by atoms with Crippen LogP contribution in [0.1, 0.15) is 33.6 Å². The number of hydrogen-bond donors (Lipinski definition) is 1. The summed E-state index contributed by atoms with van der Waals surface area (Å²) < 4.78 is 5.66. The van der Waals surface area contributed by atoms with Crippen LogP contribution in [0.3, 0.4) is 0 Å². The van der Waals surface area contributed by atoms with Crippen molar-refractivity contribution < 1.29 is 4.74 Å². The predicted molar refractivity (Wildman–Crippen MR) is 59.3 cm³/mol. The lowest BCUT2D eigenvalue weighted by Crippen LogP contribution is -2.50. The number of likely N-dealkylation sites (tertiary alicyclic amines) is 1. The first-order valence-electron chi connectivity index (χ1n) is 5.76. The van der Waals surface area contributed by atoms with Gasteiger partial charge in [-0.3, -0.25) is 4.90 Å². The van der Waals surface area contributed by atoms with Gasteiger partial charge >= 0.3 is 0 Å². The summed E-state index contributed by atoms with van der Waals surface area (Å²) in [6, 6.07) is 0.716. The Bertz CT molecular complexity index is 159. The molecule has 3 nitrogen and oxygen atoms in total. The van der Waals surface area contributed by atoms with E-state index in [-0.39, 0.29) is 6.04 Å². The summed E-state index contributed by atoms with van der Waals surface area (Å²) >= 11 is 0. The molecular formula is C11H24N2O. The Kier molecular flexibility index (Phi) is 4.85. The number of rotatable bonds is 4. The molecule has 0 radical (unpaired) electrons. The van der Waals surface area contributed by atoms with Crippen LogP contribution >= 0.6 is 0 Å². The molecule has 0 aromatic rings. The third-order valence-electron chi connectivity index (χ3n) is 3.15. The Morgan fingerprint density at radius 1 is 1.50 bits per heavy atom. The van der Waals surface area contributed by atoms with Crippen molar-refractivity contribution >= 4 is 0 Å². The predicted octanol–water partition coefficient (Wildman–Crippen LogP) is 1.22. The molecule has 0 saturated carbocycles. The van der Waals surface area contributed by atoms with Crippen molar-refractivity contribution in [2.45, 2.75) is 51.8 Å². The van der Waals surface area contributed by atoms with E-state index < -0.39 is 0 Å². The highest BCUT2D eigenvalue weighted by atomic mass is 16.5. The van der Waals surface area contributed by atoms with Crippen LogP contribution in [0, 0.1) is 0 Å². The van der Waals surface area contributed by atoms with Gasteiger partial charge in [0.1, 0.15) is 0 Å². The van der Waals surface area contributed by atoms with E-state index in [1.165, 1.54) is 19.4 Å². The second-order valence-electron chi connectivity index (χ2n) is 4.31. The molecule has 1 saturated heterocycles. The highest BCUT2D eigenvalue weighted by molar-refractivity contribution is 4.81. The van der Waals surface area contributed by atoms with Crippen molar-refractivity contribution in [3.05, 3.63) is 0 Å². The maximum Gasteiger partial charge on any atom is 0.0702 e. The van der Waals surface area contributed by atoms with Gasteiger partial charge in [-0.05, 0) is 40.2 Å². The normalized spacial score (nSPS) is 28.7. The molecule has 0 spiro atoms. The highest BCUT2D eigenvalue weighted by Gasteiger charge is 2.25. The second-order valence-corrected chi connectivity index (χ2v) is 4.31. The Labute approximate surface area is 87.6 Å². The van der Waals surface area contributed by atoms with E-state index in [2.05, 4.69) is 25.7 Å². The molecule has 1 aliphatic rings. The molecule has 2 N–H and O–H groups in total. The van der Waals surface area contributed by atoms with Gasteiger partial charge in [-0.15, -0.1) is 0 Å². The zero-order valence-corrected chi connectivity index (χ0v) is 9.70. The van der Waals surface area contributed by atoms with Crippen LogP contribution in [0.25, 0.3) is 0 Å². The zero-order chi connectivity index (χ0) is 10.6. The lowest BCUT2D eigenvalue weighted by atomic mass is 10.0. The van der Waals surface area contributed by atoms with Crippen molar-refractivity contribution in [3.63, 3.8) is 0 Å². The second kappa shape index (κ2) is 5.69. The van der Waals surface area contributed by atoms with Gasteiger partial charge in [0.25, 0.3) is 0 Å². The first kappa shape index (κ1) is 12.0. The summed E-state index contributed by atoms with van der Waals surface area (Å²) in [5.41, 5.74) is 5.90. The zero-order valence-electron chi connectivity index (χ0n) is 9.70. The fraction of sp³-hybridized carbons (Fsp3) is 1.00. The van der Waals surface area contributed by atoms with Crippen LogP contribution in [0.4, 0.5) is 0 Å². The molecule has 0 aromatic heterocycles. The minimum Gasteiger partial charge on any atom is -0.377 e. The van der Waals surface area contributed by atoms with E-state index in [9.17, 15) is 0 Å². The summed E-state index contributed by atoms with van der Waals surface area (Å²) in [6.45, 7) is 9.40. The molecule has 3 heteroatoms. The molecule has 84 valence electrons. The molecule has 1 aliphatic heterocycles. The van der Waals surface area contributed by atoms with Gasteiger partial charge in [-0.1, -0.05) is 0 Å². The molecule has 0 aromatic carbocycles. The third-order valence-corrected chi connectivity index (χ3v) is 3.15. The average molecular weight is 200 g/mol. The Hall–Kier alpha value is -0.120. The lowest BCUT2D eigenvalue weighted by Gasteiger charge is -2.38. The van der Waals surface area contributed by atoms with Crippen molar-refractivity contribution in [1.29, 1.82) is 0 Å². The largest absolute Gasteiger partial charge is 0.377 e. The number of nitrogens with zero attached hydrogens (tertiary/aromatic N) is 1. The summed E-state index contributed by atoms with van der Waals surface area (Å²) in [5.74, 6) is 0. The van der Waals surface area contributed by atoms with Crippen LogP contribution in [0.2, 0.25) is 0 Å². The average Bonchev–Trinajstić information content (AvgIpc) is 2.17. The van der Waals surface area contributed by atoms with Crippen LogP contribution in [-0.2, 0) is 4.74 Å². The van der Waals surface area contributed by atoms with E-state index in [1.54, 1.807) is 0 Å². The summed E-state index contributed by atoms with van der Waals surface area (Å²) in [6.07, 6.45) is 2.87. The highest BCUT2D eigenvalue weighted by Crippen LogP contribution is 2.16. The molecule has 3 unspecified atom stereocenters. The molecule has 1 heterocycles. The molecule has 0 amide bonds. The molecular weight excluding hydrogens is 176 g/mol. The van der Waals surface area contributed by atoms with Crippen LogP contribution < -0.4 is 5.73 Å². The number of hydrogen-bond acceptors (Lipinski definition) is 3. The van der Waals surface area contributed by atoms with E-state index in [4.69, 9.17) is 10.5 Å². The molecule has 0 aliphatic carbocycles. The minimum absolute atomic E-state index is 0.246. The van der Waals surface area contributed by atoms with E-state index >= 15 is 0 Å². The summed E-state index contributed by atoms with van der Waals surface area (Å²) in [5, 5.41) is 0. The summed E-state index contributed by atoms with van der Waals surface area (Å²) in [7, 11) is 0. The molecule has 1 fully saturated rings. The first-order valence-corrected chi connectivity index (χ1v) is 5.76. The quantitative estimate of drug-likeness (QED) is 0.741. The smallest absolute Gasteiger partial charge is 0.0702 e. The lowest BCUT2D eigenvalue weighted by molar-refractivity contribution is -0.00742. The van der Waals surface area contributed by atoms with Crippen molar-refractivity contribution in [3.8, 4) is 0 Å². The van der Waals surface area contributed by atoms with Crippen molar-refractivity contribution in [1.82, 2.24) is 4.90 Å². The van der Waals surface area contributed by atoms with Gasteiger partial charge in [-0.2, -0.15) is 0 Å². The fourth-order valence-electron chi connectivity index (χ4n) is 2.04. The van der Waals surface area contributed by atoms with Gasteiger partial charge in [0.05, 0.1) is 6.10 Å². The number of nitrogens with two attached hydrogens (primary N) is 1. The van der Waals surface area contributed by atoms with Crippen LogP contribution in [-0.4, -0.2) is 42.8 Å². The third kappa shape index (κ3) is 3.23. The van der Waals surface area contributed by atoms with E-state index in [1.807, 2.05) is 0 Å². The first-order chi connectivity index (χ1) is 6.65. The SMILES string of the molecule is CCOC1CCCN(C(C)C(C)N)C1. The standard InChI is InChI=1S/C11H24N2O/c1-4-14-11-6-5-7-13(8-11)10(3)9(2)12/h9-11H,4-8,12H2,1-3H3. The topological polar surface area (TPSA) is 38.5 Å². The minimum atomic E-state index is 0.246. The number of ether oxygens (including phenoxy) is 1. The van der Waals surface area contributed by atoms with Gasteiger partial charge < -0.3 is 10.5 Å². The maximum atomic E-state index is 5.90. The van der Waals surface area contributed by atoms with Gasteiger partial charge in [0.15, 0.2) is 0 Å². The molecule has 0 bridgehead atoms. The van der Waals surface area contributed by atoms with Crippen molar-refractivity contribution in [2.75, 3.05) is 19.7 Å². The Morgan fingerprint density at radius 3 is 2.79 bits per heavy atom. The fourth-order valence-corrected chi connectivity index (χ4v) is 2.04. The Morgan fingerprint density at radius 2 is 2.21 bits per heavy atom. The van der Waals surface area contributed by atoms with Crippen LogP contribution in [0.15, 0.2) is 0 Å². The Balaban J connectivity index is 2.39. The van der Waals surface area contributed by atoms with Gasteiger partial charge in [-0.25, -0.2) is 0 Å². The van der Waals surface area contributed by atoms with Crippen LogP contribution in [0.5, 0.6) is 0 Å².